The van der Waals surface area contributed by atoms with Crippen molar-refractivity contribution in [1.82, 2.24) is 15.3 Å². The second-order valence-corrected chi connectivity index (χ2v) is 5.80. The van der Waals surface area contributed by atoms with Gasteiger partial charge < -0.3 is 10.2 Å². The van der Waals surface area contributed by atoms with Gasteiger partial charge in [0.2, 0.25) is 0 Å². The number of anilines is 2. The molecule has 120 valence electrons. The van der Waals surface area contributed by atoms with E-state index in [0.29, 0.717) is 5.69 Å². The third kappa shape index (κ3) is 3.67. The standard InChI is InChI=1S/C18H22N4O/c1-2-22(15-10-4-3-5-11-15)17-12-16(19-13-20-17)18(23)21-14-8-6-7-9-14/h3-5,10-14H,2,6-9H2,1H3,(H,21,23). The number of nitrogens with zero attached hydrogens (tertiary/aromatic N) is 3. The number of benzene rings is 1. The van der Waals surface area contributed by atoms with Gasteiger partial charge in [0.15, 0.2) is 0 Å². The SMILES string of the molecule is CCN(c1ccccc1)c1cc(C(=O)NC2CCCC2)ncn1. The summed E-state index contributed by atoms with van der Waals surface area (Å²) >= 11 is 0. The number of hydrogen-bond donors (Lipinski definition) is 1. The molecule has 1 fully saturated rings. The molecule has 1 aromatic carbocycles. The van der Waals surface area contributed by atoms with Gasteiger partial charge in [-0.2, -0.15) is 0 Å². The third-order valence-electron chi connectivity index (χ3n) is 4.24. The Morgan fingerprint density at radius 1 is 1.22 bits per heavy atom. The molecule has 1 N–H and O–H groups in total. The van der Waals surface area contributed by atoms with Gasteiger partial charge in [-0.25, -0.2) is 9.97 Å². The van der Waals surface area contributed by atoms with Gasteiger partial charge in [-0.3, -0.25) is 4.79 Å². The number of hydrogen-bond acceptors (Lipinski definition) is 4. The first-order valence-electron chi connectivity index (χ1n) is 8.23. The topological polar surface area (TPSA) is 58.1 Å². The van der Waals surface area contributed by atoms with Gasteiger partial charge in [-0.15, -0.1) is 0 Å². The molecule has 0 saturated heterocycles. The van der Waals surface area contributed by atoms with E-state index in [-0.39, 0.29) is 11.9 Å². The fourth-order valence-corrected chi connectivity index (χ4v) is 3.03. The lowest BCUT2D eigenvalue weighted by Gasteiger charge is -2.22. The lowest BCUT2D eigenvalue weighted by Crippen LogP contribution is -2.33. The fourth-order valence-electron chi connectivity index (χ4n) is 3.03. The number of rotatable bonds is 5. The summed E-state index contributed by atoms with van der Waals surface area (Å²) in [7, 11) is 0. The van der Waals surface area contributed by atoms with Gasteiger partial charge in [0.1, 0.15) is 17.8 Å². The summed E-state index contributed by atoms with van der Waals surface area (Å²) in [4.78, 5) is 22.9. The van der Waals surface area contributed by atoms with Crippen molar-refractivity contribution in [3.63, 3.8) is 0 Å². The van der Waals surface area contributed by atoms with E-state index in [1.165, 1.54) is 19.2 Å². The van der Waals surface area contributed by atoms with Gasteiger partial charge in [-0.1, -0.05) is 31.0 Å². The predicted octanol–water partition coefficient (Wildman–Crippen LogP) is 3.31. The first kappa shape index (κ1) is 15.5. The minimum Gasteiger partial charge on any atom is -0.348 e. The van der Waals surface area contributed by atoms with Crippen LogP contribution in [0.1, 0.15) is 43.1 Å². The van der Waals surface area contributed by atoms with Crippen LogP contribution >= 0.6 is 0 Å². The molecule has 1 amide bonds. The van der Waals surface area contributed by atoms with Crippen molar-refractivity contribution in [1.29, 1.82) is 0 Å². The van der Waals surface area contributed by atoms with E-state index >= 15 is 0 Å². The van der Waals surface area contributed by atoms with Gasteiger partial charge in [-0.05, 0) is 31.9 Å². The van der Waals surface area contributed by atoms with Gasteiger partial charge in [0.05, 0.1) is 0 Å². The van der Waals surface area contributed by atoms with Crippen LogP contribution in [-0.2, 0) is 0 Å². The van der Waals surface area contributed by atoms with Crippen molar-refractivity contribution >= 4 is 17.4 Å². The highest BCUT2D eigenvalue weighted by Crippen LogP contribution is 2.23. The van der Waals surface area contributed by atoms with E-state index in [0.717, 1.165) is 30.9 Å². The Kier molecular flexibility index (Phi) is 4.86. The monoisotopic (exact) mass is 310 g/mol. The summed E-state index contributed by atoms with van der Waals surface area (Å²) in [6, 6.07) is 12.1. The van der Waals surface area contributed by atoms with E-state index in [2.05, 4.69) is 27.1 Å². The maximum Gasteiger partial charge on any atom is 0.270 e. The molecule has 0 atom stereocenters. The van der Waals surface area contributed by atoms with Crippen molar-refractivity contribution in [3.05, 3.63) is 48.4 Å². The van der Waals surface area contributed by atoms with Crippen molar-refractivity contribution in [2.24, 2.45) is 0 Å². The number of carbonyl (C=O) groups excluding carboxylic acids is 1. The Morgan fingerprint density at radius 2 is 1.96 bits per heavy atom. The molecule has 5 heteroatoms. The predicted molar refractivity (Wildman–Crippen MR) is 90.9 cm³/mol. The van der Waals surface area contributed by atoms with Gasteiger partial charge in [0, 0.05) is 24.3 Å². The van der Waals surface area contributed by atoms with Crippen LogP contribution in [-0.4, -0.2) is 28.5 Å². The number of nitrogens with one attached hydrogen (secondary N) is 1. The molecule has 2 aromatic rings. The Morgan fingerprint density at radius 3 is 2.65 bits per heavy atom. The van der Waals surface area contributed by atoms with E-state index in [9.17, 15) is 4.79 Å². The molecule has 1 aliphatic rings. The molecule has 1 aromatic heterocycles. The largest absolute Gasteiger partial charge is 0.348 e. The van der Waals surface area contributed by atoms with Crippen molar-refractivity contribution in [3.8, 4) is 0 Å². The first-order valence-corrected chi connectivity index (χ1v) is 8.23. The molecule has 1 aliphatic carbocycles. The maximum absolute atomic E-state index is 12.4. The molecule has 23 heavy (non-hydrogen) atoms. The Hall–Kier alpha value is -2.43. The molecule has 1 saturated carbocycles. The molecule has 3 rings (SSSR count). The minimum absolute atomic E-state index is 0.107. The smallest absolute Gasteiger partial charge is 0.270 e. The number of amides is 1. The molecule has 0 aliphatic heterocycles. The zero-order valence-corrected chi connectivity index (χ0v) is 13.4. The molecule has 5 nitrogen and oxygen atoms in total. The zero-order chi connectivity index (χ0) is 16.1. The van der Waals surface area contributed by atoms with Crippen LogP contribution in [0, 0.1) is 0 Å². The summed E-state index contributed by atoms with van der Waals surface area (Å²) in [6.07, 6.45) is 5.98. The van der Waals surface area contributed by atoms with Crippen LogP contribution in [0.4, 0.5) is 11.5 Å². The highest BCUT2D eigenvalue weighted by Gasteiger charge is 2.19. The summed E-state index contributed by atoms with van der Waals surface area (Å²) in [5.41, 5.74) is 1.48. The lowest BCUT2D eigenvalue weighted by atomic mass is 10.2. The number of carbonyl (C=O) groups is 1. The van der Waals surface area contributed by atoms with E-state index in [4.69, 9.17) is 0 Å². The van der Waals surface area contributed by atoms with Crippen LogP contribution in [0.25, 0.3) is 0 Å². The quantitative estimate of drug-likeness (QED) is 0.920. The van der Waals surface area contributed by atoms with E-state index in [1.54, 1.807) is 6.07 Å². The summed E-state index contributed by atoms with van der Waals surface area (Å²) in [6.45, 7) is 2.83. The Bertz CT molecular complexity index is 653. The van der Waals surface area contributed by atoms with E-state index < -0.39 is 0 Å². The molecular formula is C18H22N4O. The van der Waals surface area contributed by atoms with Gasteiger partial charge in [0.25, 0.3) is 5.91 Å². The lowest BCUT2D eigenvalue weighted by molar-refractivity contribution is 0.0932. The van der Waals surface area contributed by atoms with Crippen molar-refractivity contribution in [2.45, 2.75) is 38.6 Å². The molecule has 0 spiro atoms. The first-order chi connectivity index (χ1) is 11.3. The summed E-state index contributed by atoms with van der Waals surface area (Å²) < 4.78 is 0. The highest BCUT2D eigenvalue weighted by molar-refractivity contribution is 5.93. The van der Waals surface area contributed by atoms with Crippen LogP contribution in [0.3, 0.4) is 0 Å². The molecule has 0 radical (unpaired) electrons. The van der Waals surface area contributed by atoms with Crippen LogP contribution in [0.5, 0.6) is 0 Å². The second-order valence-electron chi connectivity index (χ2n) is 5.80. The van der Waals surface area contributed by atoms with Gasteiger partial charge >= 0.3 is 0 Å². The maximum atomic E-state index is 12.4. The van der Waals surface area contributed by atoms with E-state index in [1.807, 2.05) is 30.3 Å². The second kappa shape index (κ2) is 7.22. The average molecular weight is 310 g/mol. The van der Waals surface area contributed by atoms with Crippen LogP contribution in [0.2, 0.25) is 0 Å². The molecule has 1 heterocycles. The number of aromatic nitrogens is 2. The molecule has 0 unspecified atom stereocenters. The summed E-state index contributed by atoms with van der Waals surface area (Å²) in [5.74, 6) is 0.634. The normalized spacial score (nSPS) is 14.7. The Balaban J connectivity index is 1.79. The average Bonchev–Trinajstić information content (AvgIpc) is 3.10. The Labute approximate surface area is 136 Å². The minimum atomic E-state index is -0.107. The van der Waals surface area contributed by atoms with Crippen molar-refractivity contribution in [2.75, 3.05) is 11.4 Å². The number of para-hydroxylation sites is 1. The van der Waals surface area contributed by atoms with Crippen molar-refractivity contribution < 1.29 is 4.79 Å². The molecular weight excluding hydrogens is 288 g/mol. The zero-order valence-electron chi connectivity index (χ0n) is 13.4. The summed E-state index contributed by atoms with van der Waals surface area (Å²) in [5, 5.41) is 3.07. The molecule has 0 bridgehead atoms. The van der Waals surface area contributed by atoms with Crippen LogP contribution < -0.4 is 10.2 Å². The third-order valence-corrected chi connectivity index (χ3v) is 4.24. The van der Waals surface area contributed by atoms with Crippen LogP contribution in [0.15, 0.2) is 42.7 Å². The fraction of sp³-hybridized carbons (Fsp3) is 0.389. The highest BCUT2D eigenvalue weighted by atomic mass is 16.1.